The Morgan fingerprint density at radius 1 is 1.00 bits per heavy atom. The van der Waals surface area contributed by atoms with Crippen LogP contribution in [0.15, 0.2) is 64.3 Å². The van der Waals surface area contributed by atoms with Gasteiger partial charge >= 0.3 is 0 Å². The summed E-state index contributed by atoms with van der Waals surface area (Å²) in [6.07, 6.45) is 1.44. The molecule has 13 heteroatoms. The summed E-state index contributed by atoms with van der Waals surface area (Å²) < 4.78 is 32.9. The van der Waals surface area contributed by atoms with Crippen LogP contribution >= 0.6 is 23.2 Å². The van der Waals surface area contributed by atoms with Crippen LogP contribution in [0.3, 0.4) is 0 Å². The van der Waals surface area contributed by atoms with Gasteiger partial charge in [0.05, 0.1) is 17.7 Å². The van der Waals surface area contributed by atoms with Gasteiger partial charge in [-0.15, -0.1) is 0 Å². The van der Waals surface area contributed by atoms with Crippen LogP contribution in [0.4, 0.5) is 17.3 Å². The molecule has 0 saturated carbocycles. The van der Waals surface area contributed by atoms with Gasteiger partial charge in [-0.3, -0.25) is 9.59 Å². The number of carbonyl (C=O) groups is 2. The lowest BCUT2D eigenvalue weighted by atomic mass is 10.2. The molecule has 2 heterocycles. The van der Waals surface area contributed by atoms with E-state index >= 15 is 0 Å². The Morgan fingerprint density at radius 2 is 1.69 bits per heavy atom. The maximum Gasteiger partial charge on any atom is 0.283 e. The summed E-state index contributed by atoms with van der Waals surface area (Å²) in [5, 5.41) is 2.88. The van der Waals surface area contributed by atoms with Gasteiger partial charge in [-0.25, -0.2) is 28.0 Å². The first kappa shape index (κ1) is 25.4. The number of hydrogen-bond donors (Lipinski definition) is 2. The van der Waals surface area contributed by atoms with Crippen molar-refractivity contribution in [1.29, 1.82) is 0 Å². The van der Waals surface area contributed by atoms with Gasteiger partial charge in [0.1, 0.15) is 16.5 Å². The number of imide groups is 1. The van der Waals surface area contributed by atoms with Crippen LogP contribution in [0.5, 0.6) is 5.75 Å². The molecule has 1 aromatic heterocycles. The summed E-state index contributed by atoms with van der Waals surface area (Å²) in [6, 6.07) is 10.2. The zero-order valence-electron chi connectivity index (χ0n) is 19.2. The molecule has 2 N–H and O–H groups in total. The number of benzene rings is 2. The molecule has 36 heavy (non-hydrogen) atoms. The number of carbonyl (C=O) groups excluding carboxylic acids is 2. The van der Waals surface area contributed by atoms with Crippen molar-refractivity contribution in [3.63, 3.8) is 0 Å². The summed E-state index contributed by atoms with van der Waals surface area (Å²) in [7, 11) is -2.57. The largest absolute Gasteiger partial charge is 0.494 e. The van der Waals surface area contributed by atoms with Crippen LogP contribution in [-0.2, 0) is 19.6 Å². The summed E-state index contributed by atoms with van der Waals surface area (Å²) >= 11 is 12.3. The predicted octanol–water partition coefficient (Wildman–Crippen LogP) is 3.99. The molecule has 1 aliphatic heterocycles. The summed E-state index contributed by atoms with van der Waals surface area (Å²) in [4.78, 5) is 34.7. The fourth-order valence-corrected chi connectivity index (χ4v) is 4.67. The van der Waals surface area contributed by atoms with Crippen molar-refractivity contribution in [2.45, 2.75) is 18.7 Å². The summed E-state index contributed by atoms with van der Waals surface area (Å²) in [6.45, 7) is 3.43. The Morgan fingerprint density at radius 3 is 2.33 bits per heavy atom. The van der Waals surface area contributed by atoms with E-state index in [0.29, 0.717) is 22.0 Å². The minimum absolute atomic E-state index is 0.0582. The minimum Gasteiger partial charge on any atom is -0.494 e. The van der Waals surface area contributed by atoms with Crippen molar-refractivity contribution < 1.29 is 22.7 Å². The van der Waals surface area contributed by atoms with Crippen molar-refractivity contribution in [3.8, 4) is 5.75 Å². The van der Waals surface area contributed by atoms with Gasteiger partial charge in [0.15, 0.2) is 0 Å². The quantitative estimate of drug-likeness (QED) is 0.424. The number of sulfonamides is 1. The van der Waals surface area contributed by atoms with E-state index in [0.717, 1.165) is 4.90 Å². The average Bonchev–Trinajstić information content (AvgIpc) is 3.03. The highest BCUT2D eigenvalue weighted by Gasteiger charge is 2.40. The van der Waals surface area contributed by atoms with Gasteiger partial charge in [0.2, 0.25) is 5.95 Å². The van der Waals surface area contributed by atoms with Crippen molar-refractivity contribution in [1.82, 2.24) is 9.97 Å². The number of halogens is 2. The fraction of sp³-hybridized carbons (Fsp3) is 0.130. The molecule has 0 spiro atoms. The number of ether oxygens (including phenoxy) is 1. The van der Waals surface area contributed by atoms with E-state index in [1.54, 1.807) is 26.0 Å². The Kier molecular flexibility index (Phi) is 6.90. The summed E-state index contributed by atoms with van der Waals surface area (Å²) in [5.41, 5.74) is 1.58. The molecule has 0 atom stereocenters. The number of methoxy groups -OCH3 is 1. The second-order valence-electron chi connectivity index (χ2n) is 7.68. The molecule has 10 nitrogen and oxygen atoms in total. The lowest BCUT2D eigenvalue weighted by Crippen LogP contribution is -2.32. The highest BCUT2D eigenvalue weighted by atomic mass is 35.5. The van der Waals surface area contributed by atoms with E-state index in [-0.39, 0.29) is 33.0 Å². The van der Waals surface area contributed by atoms with E-state index in [4.69, 9.17) is 27.9 Å². The molecule has 2 amide bonds. The number of aryl methyl sites for hydroxylation is 2. The van der Waals surface area contributed by atoms with Gasteiger partial charge in [0, 0.05) is 28.7 Å². The third kappa shape index (κ3) is 4.85. The maximum atomic E-state index is 13.1. The normalized spacial score (nSPS) is 13.9. The number of anilines is 3. The molecule has 0 fully saturated rings. The number of amides is 2. The van der Waals surface area contributed by atoms with Gasteiger partial charge in [-0.1, -0.05) is 23.2 Å². The molecule has 186 valence electrons. The second-order valence-corrected chi connectivity index (χ2v) is 10.2. The van der Waals surface area contributed by atoms with Crippen molar-refractivity contribution in [3.05, 3.63) is 75.7 Å². The third-order valence-corrected chi connectivity index (χ3v) is 7.28. The molecule has 3 aromatic rings. The Bertz CT molecular complexity index is 1520. The second kappa shape index (κ2) is 9.76. The first-order valence-corrected chi connectivity index (χ1v) is 12.6. The number of nitrogens with zero attached hydrogens (tertiary/aromatic N) is 3. The van der Waals surface area contributed by atoms with Crippen LogP contribution < -0.4 is 19.7 Å². The first-order chi connectivity index (χ1) is 17.0. The molecule has 0 radical (unpaired) electrons. The number of nitrogens with one attached hydrogen (secondary N) is 2. The smallest absolute Gasteiger partial charge is 0.283 e. The zero-order chi connectivity index (χ0) is 26.2. The topological polar surface area (TPSA) is 131 Å². The van der Waals surface area contributed by atoms with Crippen molar-refractivity contribution in [2.24, 2.45) is 0 Å². The molecule has 0 aliphatic carbocycles. The molecule has 1 aliphatic rings. The molecule has 0 saturated heterocycles. The number of hydrogen-bond acceptors (Lipinski definition) is 8. The monoisotopic (exact) mass is 547 g/mol. The van der Waals surface area contributed by atoms with E-state index in [2.05, 4.69) is 20.0 Å². The van der Waals surface area contributed by atoms with Crippen LogP contribution in [-0.4, -0.2) is 37.3 Å². The van der Waals surface area contributed by atoms with E-state index < -0.39 is 21.8 Å². The third-order valence-electron chi connectivity index (χ3n) is 5.18. The molecular formula is C23H19Cl2N5O5S. The molecule has 0 bridgehead atoms. The van der Waals surface area contributed by atoms with E-state index in [1.165, 1.54) is 43.6 Å². The predicted molar refractivity (Wildman–Crippen MR) is 136 cm³/mol. The van der Waals surface area contributed by atoms with Gasteiger partial charge in [0.25, 0.3) is 21.8 Å². The minimum atomic E-state index is -3.96. The van der Waals surface area contributed by atoms with Crippen LogP contribution in [0.2, 0.25) is 5.02 Å². The Balaban J connectivity index is 1.56. The molecule has 4 rings (SSSR count). The highest BCUT2D eigenvalue weighted by Crippen LogP contribution is 2.38. The molecule has 0 unspecified atom stereocenters. The fourth-order valence-electron chi connectivity index (χ4n) is 3.36. The van der Waals surface area contributed by atoms with Crippen molar-refractivity contribution >= 4 is 62.4 Å². The van der Waals surface area contributed by atoms with Gasteiger partial charge in [-0.2, -0.15) is 0 Å². The Labute approximate surface area is 217 Å². The lowest BCUT2D eigenvalue weighted by Gasteiger charge is -2.19. The van der Waals surface area contributed by atoms with Crippen LogP contribution in [0, 0.1) is 13.8 Å². The summed E-state index contributed by atoms with van der Waals surface area (Å²) in [5.74, 6) is -1.29. The highest BCUT2D eigenvalue weighted by molar-refractivity contribution is 7.92. The van der Waals surface area contributed by atoms with Crippen LogP contribution in [0.25, 0.3) is 0 Å². The average molecular weight is 548 g/mol. The van der Waals surface area contributed by atoms with Crippen LogP contribution in [0.1, 0.15) is 11.3 Å². The Hall–Kier alpha value is -3.67. The SMILES string of the molecule is COc1cc(Cl)c(C)cc1N1C(=O)C(Cl)=C(Nc2ccc(S(=O)(=O)Nc3nccc(C)n3)cc2)C1=O. The molecule has 2 aromatic carbocycles. The molecular weight excluding hydrogens is 529 g/mol. The van der Waals surface area contributed by atoms with Gasteiger partial charge in [-0.05, 0) is 55.8 Å². The number of rotatable bonds is 7. The van der Waals surface area contributed by atoms with E-state index in [9.17, 15) is 18.0 Å². The van der Waals surface area contributed by atoms with E-state index in [1.807, 2.05) is 0 Å². The maximum absolute atomic E-state index is 13.1. The van der Waals surface area contributed by atoms with Gasteiger partial charge < -0.3 is 10.1 Å². The number of aromatic nitrogens is 2. The van der Waals surface area contributed by atoms with Crippen molar-refractivity contribution in [2.75, 3.05) is 22.0 Å². The zero-order valence-corrected chi connectivity index (χ0v) is 21.5. The first-order valence-electron chi connectivity index (χ1n) is 10.3. The standard InChI is InChI=1S/C23H19Cl2N5O5S/c1-12-10-17(18(35-3)11-16(12)24)30-21(31)19(25)20(22(30)32)28-14-4-6-15(7-5-14)36(33,34)29-23-26-9-8-13(2)27-23/h4-11,28H,1-3H3,(H,26,27,29). The lowest BCUT2D eigenvalue weighted by molar-refractivity contribution is -0.120.